The van der Waals surface area contributed by atoms with Gasteiger partial charge in [0.05, 0.1) is 5.75 Å². The quantitative estimate of drug-likeness (QED) is 0.830. The molecular formula is C15H20N2O4S. The molecule has 7 heteroatoms. The lowest BCUT2D eigenvalue weighted by Crippen LogP contribution is -2.18. The topological polar surface area (TPSA) is 93.3 Å². The van der Waals surface area contributed by atoms with Crippen LogP contribution < -0.4 is 0 Å². The Bertz CT molecular complexity index is 725. The zero-order valence-corrected chi connectivity index (χ0v) is 13.5. The van der Waals surface area contributed by atoms with Gasteiger partial charge in [0.15, 0.2) is 15.7 Å². The minimum Gasteiger partial charge on any atom is -0.396 e. The lowest BCUT2D eigenvalue weighted by atomic mass is 10.1. The molecule has 0 saturated carbocycles. The number of aliphatic hydroxyl groups is 1. The number of hydrogen-bond acceptors (Lipinski definition) is 6. The van der Waals surface area contributed by atoms with E-state index in [9.17, 15) is 8.42 Å². The summed E-state index contributed by atoms with van der Waals surface area (Å²) in [4.78, 5) is 4.15. The minimum atomic E-state index is -3.37. The van der Waals surface area contributed by atoms with Crippen LogP contribution in [0.5, 0.6) is 0 Å². The molecule has 0 fully saturated rings. The molecule has 0 radical (unpaired) electrons. The third kappa shape index (κ3) is 4.64. The van der Waals surface area contributed by atoms with Gasteiger partial charge < -0.3 is 9.63 Å². The zero-order chi connectivity index (χ0) is 16.2. The Morgan fingerprint density at radius 3 is 2.73 bits per heavy atom. The van der Waals surface area contributed by atoms with Gasteiger partial charge in [0.25, 0.3) is 0 Å². The highest BCUT2D eigenvalue weighted by Crippen LogP contribution is 2.13. The highest BCUT2D eigenvalue weighted by Gasteiger charge is 2.20. The molecule has 0 bridgehead atoms. The summed E-state index contributed by atoms with van der Waals surface area (Å²) in [7, 11) is -3.37. The van der Waals surface area contributed by atoms with Gasteiger partial charge in [-0.3, -0.25) is 0 Å². The number of aliphatic hydroxyl groups excluding tert-OH is 1. The van der Waals surface area contributed by atoms with E-state index >= 15 is 0 Å². The fourth-order valence-corrected chi connectivity index (χ4v) is 3.72. The third-order valence-corrected chi connectivity index (χ3v) is 5.08. The molecule has 0 aliphatic rings. The van der Waals surface area contributed by atoms with Crippen LogP contribution in [0.25, 0.3) is 0 Å². The monoisotopic (exact) mass is 324 g/mol. The summed E-state index contributed by atoms with van der Waals surface area (Å²) in [6.07, 6.45) is 0.503. The van der Waals surface area contributed by atoms with Crippen molar-refractivity contribution in [2.75, 3.05) is 12.4 Å². The minimum absolute atomic E-state index is 0.0914. The number of nitrogens with zero attached hydrogens (tertiary/aromatic N) is 2. The van der Waals surface area contributed by atoms with Crippen molar-refractivity contribution < 1.29 is 18.0 Å². The second kappa shape index (κ2) is 7.02. The molecule has 0 aliphatic carbocycles. The molecule has 2 rings (SSSR count). The summed E-state index contributed by atoms with van der Waals surface area (Å²) >= 11 is 0. The summed E-state index contributed by atoms with van der Waals surface area (Å²) in [5.74, 6) is -0.139. The summed E-state index contributed by atoms with van der Waals surface area (Å²) in [5, 5.41) is 12.8. The first-order chi connectivity index (χ1) is 10.4. The van der Waals surface area contributed by atoms with Gasteiger partial charge in [0.1, 0.15) is 5.75 Å². The van der Waals surface area contributed by atoms with Crippen LogP contribution in [0.4, 0.5) is 0 Å². The van der Waals surface area contributed by atoms with Crippen molar-refractivity contribution in [3.8, 4) is 0 Å². The normalized spacial score (nSPS) is 13.2. The molecule has 2 aromatic rings. The van der Waals surface area contributed by atoms with E-state index in [-0.39, 0.29) is 29.9 Å². The Labute approximate surface area is 130 Å². The van der Waals surface area contributed by atoms with Gasteiger partial charge in [-0.15, -0.1) is 0 Å². The van der Waals surface area contributed by atoms with Crippen LogP contribution in [-0.2, 0) is 22.0 Å². The average molecular weight is 324 g/mol. The molecule has 0 saturated heterocycles. The first kappa shape index (κ1) is 16.6. The smallest absolute Gasteiger partial charge is 0.241 e. The Morgan fingerprint density at radius 2 is 2.05 bits per heavy atom. The van der Waals surface area contributed by atoms with E-state index in [1.165, 1.54) is 0 Å². The average Bonchev–Trinajstić information content (AvgIpc) is 2.87. The first-order valence-corrected chi connectivity index (χ1v) is 8.89. The number of benzene rings is 1. The van der Waals surface area contributed by atoms with Crippen LogP contribution in [0.15, 0.2) is 28.8 Å². The highest BCUT2D eigenvalue weighted by atomic mass is 32.2. The van der Waals surface area contributed by atoms with Gasteiger partial charge in [-0.2, -0.15) is 4.98 Å². The molecule has 22 heavy (non-hydrogen) atoms. The molecule has 1 aromatic carbocycles. The molecule has 1 unspecified atom stereocenters. The molecular weight excluding hydrogens is 304 g/mol. The first-order valence-electron chi connectivity index (χ1n) is 7.07. The molecule has 1 N–H and O–H groups in total. The van der Waals surface area contributed by atoms with Gasteiger partial charge in [-0.1, -0.05) is 36.3 Å². The maximum absolute atomic E-state index is 12.0. The molecule has 6 nitrogen and oxygen atoms in total. The molecule has 1 atom stereocenters. The number of hydrogen-bond donors (Lipinski definition) is 1. The van der Waals surface area contributed by atoms with Crippen molar-refractivity contribution >= 4 is 9.84 Å². The SMILES string of the molecule is Cc1ccccc1Cc1noc(CS(=O)(=O)CC(C)CO)n1. The second-order valence-corrected chi connectivity index (χ2v) is 7.66. The lowest BCUT2D eigenvalue weighted by molar-refractivity contribution is 0.249. The van der Waals surface area contributed by atoms with Gasteiger partial charge in [0.2, 0.25) is 5.89 Å². The molecule has 1 heterocycles. The van der Waals surface area contributed by atoms with Crippen molar-refractivity contribution in [1.29, 1.82) is 0 Å². The van der Waals surface area contributed by atoms with Gasteiger partial charge in [-0.25, -0.2) is 8.42 Å². The van der Waals surface area contributed by atoms with Crippen LogP contribution in [0.2, 0.25) is 0 Å². The Balaban J connectivity index is 2.04. The molecule has 0 aliphatic heterocycles. The van der Waals surface area contributed by atoms with Crippen LogP contribution in [0, 0.1) is 12.8 Å². The number of aryl methyl sites for hydroxylation is 1. The zero-order valence-electron chi connectivity index (χ0n) is 12.7. The Kier molecular flexibility index (Phi) is 5.31. The van der Waals surface area contributed by atoms with Gasteiger partial charge in [-0.05, 0) is 24.0 Å². The van der Waals surface area contributed by atoms with Crippen molar-refractivity contribution in [2.45, 2.75) is 26.0 Å². The van der Waals surface area contributed by atoms with Gasteiger partial charge >= 0.3 is 0 Å². The van der Waals surface area contributed by atoms with E-state index in [0.717, 1.165) is 11.1 Å². The molecule has 0 spiro atoms. The lowest BCUT2D eigenvalue weighted by Gasteiger charge is -2.06. The largest absolute Gasteiger partial charge is 0.396 e. The van der Waals surface area contributed by atoms with E-state index in [2.05, 4.69) is 10.1 Å². The van der Waals surface area contributed by atoms with E-state index in [1.807, 2.05) is 31.2 Å². The maximum atomic E-state index is 12.0. The van der Waals surface area contributed by atoms with Crippen LogP contribution in [-0.4, -0.2) is 36.0 Å². The van der Waals surface area contributed by atoms with Crippen LogP contribution in [0.3, 0.4) is 0 Å². The van der Waals surface area contributed by atoms with Crippen molar-refractivity contribution in [1.82, 2.24) is 10.1 Å². The van der Waals surface area contributed by atoms with E-state index in [4.69, 9.17) is 9.63 Å². The molecule has 120 valence electrons. The fraction of sp³-hybridized carbons (Fsp3) is 0.467. The number of sulfone groups is 1. The fourth-order valence-electron chi connectivity index (χ4n) is 2.13. The highest BCUT2D eigenvalue weighted by molar-refractivity contribution is 7.90. The second-order valence-electron chi connectivity index (χ2n) is 5.55. The van der Waals surface area contributed by atoms with E-state index < -0.39 is 9.84 Å². The predicted octanol–water partition coefficient (Wildman–Crippen LogP) is 1.51. The molecule has 0 amide bonds. The summed E-state index contributed by atoms with van der Waals surface area (Å²) in [5.41, 5.74) is 2.20. The number of rotatable bonds is 7. The van der Waals surface area contributed by atoms with Crippen LogP contribution in [0.1, 0.15) is 29.8 Å². The maximum Gasteiger partial charge on any atom is 0.241 e. The summed E-state index contributed by atoms with van der Waals surface area (Å²) < 4.78 is 28.9. The molecule has 1 aromatic heterocycles. The Morgan fingerprint density at radius 1 is 1.32 bits per heavy atom. The standard InChI is InChI=1S/C15H20N2O4S/c1-11(8-18)9-22(19,20)10-15-16-14(17-21-15)7-13-6-4-3-5-12(13)2/h3-6,11,18H,7-10H2,1-2H3. The third-order valence-electron chi connectivity index (χ3n) is 3.31. The number of aromatic nitrogens is 2. The van der Waals surface area contributed by atoms with Crippen molar-refractivity contribution in [3.05, 3.63) is 47.1 Å². The van der Waals surface area contributed by atoms with Crippen LogP contribution >= 0.6 is 0 Å². The Hall–Kier alpha value is -1.73. The van der Waals surface area contributed by atoms with Crippen molar-refractivity contribution in [3.63, 3.8) is 0 Å². The summed E-state index contributed by atoms with van der Waals surface area (Å²) in [6.45, 7) is 3.51. The van der Waals surface area contributed by atoms with E-state index in [0.29, 0.717) is 12.2 Å². The summed E-state index contributed by atoms with van der Waals surface area (Å²) in [6, 6.07) is 7.86. The predicted molar refractivity (Wildman–Crippen MR) is 82.0 cm³/mol. The van der Waals surface area contributed by atoms with Crippen molar-refractivity contribution in [2.24, 2.45) is 5.92 Å². The van der Waals surface area contributed by atoms with E-state index in [1.54, 1.807) is 6.92 Å². The van der Waals surface area contributed by atoms with Gasteiger partial charge in [0, 0.05) is 13.0 Å².